The van der Waals surface area contributed by atoms with E-state index >= 15 is 0 Å². The second-order valence-electron chi connectivity index (χ2n) is 2.83. The molecule has 6 nitrogen and oxygen atoms in total. The van der Waals surface area contributed by atoms with Crippen LogP contribution >= 0.6 is 0 Å². The fourth-order valence-corrected chi connectivity index (χ4v) is 1.44. The van der Waals surface area contributed by atoms with E-state index in [4.69, 9.17) is 4.74 Å². The van der Waals surface area contributed by atoms with Gasteiger partial charge in [0.25, 0.3) is 0 Å². The third-order valence-electron chi connectivity index (χ3n) is 1.78. The molecule has 0 heterocycles. The van der Waals surface area contributed by atoms with Gasteiger partial charge in [-0.2, -0.15) is 8.42 Å². The number of carbonyl (C=O) groups is 1. The number of carbonyl (C=O) groups excluding carboxylic acids is 1. The zero-order chi connectivity index (χ0) is 13.1. The third kappa shape index (κ3) is 3.59. The van der Waals surface area contributed by atoms with Gasteiger partial charge in [0.2, 0.25) is 0 Å². The number of hydrogen-bond acceptors (Lipinski definition) is 6. The molecule has 0 radical (unpaired) electrons. The lowest BCUT2D eigenvalue weighted by Crippen LogP contribution is -2.08. The summed E-state index contributed by atoms with van der Waals surface area (Å²) in [6.45, 7) is 0. The molecule has 1 aromatic rings. The van der Waals surface area contributed by atoms with Gasteiger partial charge in [0.05, 0.1) is 14.2 Å². The van der Waals surface area contributed by atoms with Crippen molar-refractivity contribution in [2.45, 2.75) is 0 Å². The summed E-state index contributed by atoms with van der Waals surface area (Å²) in [4.78, 5) is 11.3. The number of esters is 1. The van der Waals surface area contributed by atoms with Crippen molar-refractivity contribution < 1.29 is 30.8 Å². The summed E-state index contributed by atoms with van der Waals surface area (Å²) in [7, 11) is -2.81. The van der Waals surface area contributed by atoms with Crippen LogP contribution < -0.4 is 8.92 Å². The van der Waals surface area contributed by atoms with Crippen LogP contribution in [0.4, 0.5) is 3.89 Å². The maximum absolute atomic E-state index is 12.4. The Balaban J connectivity index is 3.25. The molecule has 0 saturated carbocycles. The van der Waals surface area contributed by atoms with E-state index in [0.717, 1.165) is 13.2 Å². The highest BCUT2D eigenvalue weighted by atomic mass is 32.3. The number of ether oxygens (including phenoxy) is 2. The summed E-state index contributed by atoms with van der Waals surface area (Å²) >= 11 is 0. The van der Waals surface area contributed by atoms with Crippen molar-refractivity contribution in [3.8, 4) is 11.5 Å². The van der Waals surface area contributed by atoms with E-state index in [-0.39, 0.29) is 11.3 Å². The number of halogens is 1. The molecule has 1 rings (SSSR count). The van der Waals surface area contributed by atoms with Gasteiger partial charge in [0, 0.05) is 6.07 Å². The molecule has 0 amide bonds. The Morgan fingerprint density at radius 2 is 1.94 bits per heavy atom. The minimum atomic E-state index is -5.23. The summed E-state index contributed by atoms with van der Waals surface area (Å²) in [6.07, 6.45) is 0. The van der Waals surface area contributed by atoms with Gasteiger partial charge in [-0.05, 0) is 12.1 Å². The van der Waals surface area contributed by atoms with E-state index in [1.807, 2.05) is 0 Å². The Hall–Kier alpha value is -1.83. The molecule has 0 fully saturated rings. The van der Waals surface area contributed by atoms with Crippen molar-refractivity contribution in [3.63, 3.8) is 0 Å². The van der Waals surface area contributed by atoms with Crippen molar-refractivity contribution in [1.29, 1.82) is 0 Å². The molecule has 0 aliphatic heterocycles. The Morgan fingerprint density at radius 1 is 1.29 bits per heavy atom. The predicted octanol–water partition coefficient (Wildman–Crippen LogP) is 1.07. The first-order valence-electron chi connectivity index (χ1n) is 4.28. The minimum absolute atomic E-state index is 0.205. The summed E-state index contributed by atoms with van der Waals surface area (Å²) in [5.41, 5.74) is -0.227. The molecule has 0 spiro atoms. The SMILES string of the molecule is COC(=O)c1ccc(OC)cc1OS(=O)(=O)F. The van der Waals surface area contributed by atoms with E-state index in [9.17, 15) is 17.1 Å². The van der Waals surface area contributed by atoms with E-state index in [1.54, 1.807) is 0 Å². The van der Waals surface area contributed by atoms with Crippen molar-refractivity contribution >= 4 is 16.5 Å². The maximum Gasteiger partial charge on any atom is 0.488 e. The lowest BCUT2D eigenvalue weighted by molar-refractivity contribution is 0.0599. The standard InChI is InChI=1S/C9H9FO6S/c1-14-6-3-4-7(9(11)15-2)8(5-6)16-17(10,12)13/h3-5H,1-2H3. The molecular formula is C9H9FO6S. The highest BCUT2D eigenvalue weighted by Crippen LogP contribution is 2.26. The molecule has 8 heteroatoms. The average Bonchev–Trinajstić information content (AvgIpc) is 2.25. The molecule has 0 N–H and O–H groups in total. The molecule has 0 atom stereocenters. The van der Waals surface area contributed by atoms with Crippen LogP contribution in [-0.4, -0.2) is 28.6 Å². The first kappa shape index (κ1) is 13.2. The molecule has 0 aliphatic carbocycles. The smallest absolute Gasteiger partial charge is 0.488 e. The van der Waals surface area contributed by atoms with Gasteiger partial charge in [0.15, 0.2) is 5.75 Å². The maximum atomic E-state index is 12.4. The highest BCUT2D eigenvalue weighted by Gasteiger charge is 2.19. The van der Waals surface area contributed by atoms with Gasteiger partial charge in [-0.1, -0.05) is 3.89 Å². The van der Waals surface area contributed by atoms with Gasteiger partial charge in [0.1, 0.15) is 11.3 Å². The van der Waals surface area contributed by atoms with Crippen molar-refractivity contribution in [3.05, 3.63) is 23.8 Å². The molecule has 0 unspecified atom stereocenters. The van der Waals surface area contributed by atoms with E-state index in [2.05, 4.69) is 8.92 Å². The van der Waals surface area contributed by atoms with Crippen LogP contribution in [0.25, 0.3) is 0 Å². The Labute approximate surface area is 97.3 Å². The van der Waals surface area contributed by atoms with Crippen molar-refractivity contribution in [2.24, 2.45) is 0 Å². The molecule has 0 aromatic heterocycles. The van der Waals surface area contributed by atoms with Crippen LogP contribution in [0.3, 0.4) is 0 Å². The fraction of sp³-hybridized carbons (Fsp3) is 0.222. The second kappa shape index (κ2) is 5.00. The first-order chi connectivity index (χ1) is 7.87. The van der Waals surface area contributed by atoms with Gasteiger partial charge in [-0.3, -0.25) is 0 Å². The van der Waals surface area contributed by atoms with E-state index < -0.39 is 22.2 Å². The summed E-state index contributed by atoms with van der Waals surface area (Å²) in [6, 6.07) is 3.64. The van der Waals surface area contributed by atoms with Crippen LogP contribution in [0, 0.1) is 0 Å². The molecule has 0 bridgehead atoms. The first-order valence-corrected chi connectivity index (χ1v) is 5.58. The third-order valence-corrected chi connectivity index (χ3v) is 2.16. The largest absolute Gasteiger partial charge is 0.497 e. The van der Waals surface area contributed by atoms with E-state index in [1.165, 1.54) is 19.2 Å². The minimum Gasteiger partial charge on any atom is -0.497 e. The monoisotopic (exact) mass is 264 g/mol. The Morgan fingerprint density at radius 3 is 2.41 bits per heavy atom. The van der Waals surface area contributed by atoms with Crippen LogP contribution in [0.1, 0.15) is 10.4 Å². The number of methoxy groups -OCH3 is 2. The highest BCUT2D eigenvalue weighted by molar-refractivity contribution is 7.81. The lowest BCUT2D eigenvalue weighted by Gasteiger charge is -2.08. The molecular weight excluding hydrogens is 255 g/mol. The Kier molecular flexibility index (Phi) is 3.89. The Bertz CT molecular complexity index is 524. The fourth-order valence-electron chi connectivity index (χ4n) is 1.08. The lowest BCUT2D eigenvalue weighted by atomic mass is 10.2. The zero-order valence-corrected chi connectivity index (χ0v) is 9.78. The van der Waals surface area contributed by atoms with Crippen LogP contribution in [0.2, 0.25) is 0 Å². The predicted molar refractivity (Wildman–Crippen MR) is 55.0 cm³/mol. The summed E-state index contributed by atoms with van der Waals surface area (Å²) in [5.74, 6) is -1.15. The molecule has 17 heavy (non-hydrogen) atoms. The normalized spacial score (nSPS) is 10.8. The number of rotatable bonds is 4. The molecule has 1 aromatic carbocycles. The van der Waals surface area contributed by atoms with Crippen LogP contribution in [-0.2, 0) is 15.2 Å². The van der Waals surface area contributed by atoms with Crippen molar-refractivity contribution in [2.75, 3.05) is 14.2 Å². The van der Waals surface area contributed by atoms with Gasteiger partial charge in [-0.25, -0.2) is 4.79 Å². The number of hydrogen-bond donors (Lipinski definition) is 0. The molecule has 94 valence electrons. The quantitative estimate of drug-likeness (QED) is 0.598. The van der Waals surface area contributed by atoms with Gasteiger partial charge < -0.3 is 13.7 Å². The van der Waals surface area contributed by atoms with Crippen molar-refractivity contribution in [1.82, 2.24) is 0 Å². The summed E-state index contributed by atoms with van der Waals surface area (Å²) in [5, 5.41) is 0. The molecule has 0 saturated heterocycles. The topological polar surface area (TPSA) is 78.9 Å². The zero-order valence-electron chi connectivity index (χ0n) is 8.97. The van der Waals surface area contributed by atoms with E-state index in [0.29, 0.717) is 0 Å². The average molecular weight is 264 g/mol. The van der Waals surface area contributed by atoms with Crippen LogP contribution in [0.5, 0.6) is 11.5 Å². The van der Waals surface area contributed by atoms with Gasteiger partial charge in [-0.15, -0.1) is 0 Å². The number of benzene rings is 1. The summed E-state index contributed by atoms with van der Waals surface area (Å²) < 4.78 is 46.4. The second-order valence-corrected chi connectivity index (χ2v) is 3.78. The molecule has 0 aliphatic rings. The van der Waals surface area contributed by atoms with Crippen LogP contribution in [0.15, 0.2) is 18.2 Å². The van der Waals surface area contributed by atoms with Gasteiger partial charge >= 0.3 is 16.5 Å².